The van der Waals surface area contributed by atoms with Crippen LogP contribution in [-0.4, -0.2) is 34.3 Å². The lowest BCUT2D eigenvalue weighted by Gasteiger charge is -2.26. The van der Waals surface area contributed by atoms with E-state index in [0.29, 0.717) is 12.8 Å². The maximum absolute atomic E-state index is 13.2. The summed E-state index contributed by atoms with van der Waals surface area (Å²) in [5.74, 6) is -0.655. The molecule has 7 heteroatoms. The van der Waals surface area contributed by atoms with Crippen molar-refractivity contribution in [2.45, 2.75) is 50.2 Å². The van der Waals surface area contributed by atoms with Crippen molar-refractivity contribution in [1.82, 2.24) is 15.5 Å². The Morgan fingerprint density at radius 3 is 2.27 bits per heavy atom. The number of benzene rings is 2. The molecule has 2 aliphatic rings. The summed E-state index contributed by atoms with van der Waals surface area (Å²) in [7, 11) is 0. The van der Waals surface area contributed by atoms with E-state index in [0.717, 1.165) is 33.3 Å². The molecule has 0 aromatic heterocycles. The molecule has 30 heavy (non-hydrogen) atoms. The van der Waals surface area contributed by atoms with Crippen molar-refractivity contribution in [3.05, 3.63) is 70.2 Å². The molecule has 6 nitrogen and oxygen atoms in total. The quantitative estimate of drug-likeness (QED) is 0.651. The van der Waals surface area contributed by atoms with Crippen LogP contribution < -0.4 is 10.6 Å². The third kappa shape index (κ3) is 3.74. The summed E-state index contributed by atoms with van der Waals surface area (Å²) in [6.07, 6.45) is 3.07. The Bertz CT molecular complexity index is 955. The van der Waals surface area contributed by atoms with E-state index in [1.807, 2.05) is 54.6 Å². The molecule has 2 N–H and O–H groups in total. The van der Waals surface area contributed by atoms with Crippen LogP contribution in [0.2, 0.25) is 0 Å². The van der Waals surface area contributed by atoms with Crippen LogP contribution in [-0.2, 0) is 9.59 Å². The fourth-order valence-corrected chi connectivity index (χ4v) is 4.61. The third-order valence-electron chi connectivity index (χ3n) is 6.04. The molecule has 1 heterocycles. The smallest absolute Gasteiger partial charge is 0.325 e. The zero-order chi connectivity index (χ0) is 21.3. The highest BCUT2D eigenvalue weighted by atomic mass is 79.9. The number of nitrogens with zero attached hydrogens (tertiary/aromatic N) is 1. The Hall–Kier alpha value is -2.67. The molecule has 1 saturated heterocycles. The third-order valence-corrected chi connectivity index (χ3v) is 6.57. The SMILES string of the molecule is CC(C(=O)NC(c1ccccc1)c1ccc(Br)cc1)N1C(=O)NC2(CCCC2)C1=O. The van der Waals surface area contributed by atoms with Gasteiger partial charge in [0, 0.05) is 4.47 Å². The number of amides is 4. The highest BCUT2D eigenvalue weighted by Crippen LogP contribution is 2.36. The molecule has 0 bridgehead atoms. The van der Waals surface area contributed by atoms with E-state index >= 15 is 0 Å². The maximum Gasteiger partial charge on any atom is 0.325 e. The average molecular weight is 470 g/mol. The Kier molecular flexibility index (Phi) is 5.64. The predicted octanol–water partition coefficient (Wildman–Crippen LogP) is 3.91. The molecule has 2 unspecified atom stereocenters. The molecule has 1 aliphatic heterocycles. The molecular weight excluding hydrogens is 446 g/mol. The fraction of sp³-hybridized carbons (Fsp3) is 0.348. The number of imide groups is 1. The van der Waals surface area contributed by atoms with Crippen LogP contribution >= 0.6 is 15.9 Å². The van der Waals surface area contributed by atoms with E-state index in [9.17, 15) is 14.4 Å². The predicted molar refractivity (Wildman–Crippen MR) is 117 cm³/mol. The largest absolute Gasteiger partial charge is 0.343 e. The topological polar surface area (TPSA) is 78.5 Å². The van der Waals surface area contributed by atoms with Crippen molar-refractivity contribution in [3.8, 4) is 0 Å². The van der Waals surface area contributed by atoms with Gasteiger partial charge in [0.25, 0.3) is 5.91 Å². The normalized spacial score (nSPS) is 19.6. The summed E-state index contributed by atoms with van der Waals surface area (Å²) in [6, 6.07) is 15.6. The summed E-state index contributed by atoms with van der Waals surface area (Å²) in [5, 5.41) is 5.88. The maximum atomic E-state index is 13.2. The van der Waals surface area contributed by atoms with Gasteiger partial charge in [0.2, 0.25) is 5.91 Å². The van der Waals surface area contributed by atoms with Crippen LogP contribution in [0.25, 0.3) is 0 Å². The Morgan fingerprint density at radius 2 is 1.63 bits per heavy atom. The number of hydrogen-bond acceptors (Lipinski definition) is 3. The average Bonchev–Trinajstić information content (AvgIpc) is 3.31. The molecular formula is C23H24BrN3O3. The van der Waals surface area contributed by atoms with Gasteiger partial charge >= 0.3 is 6.03 Å². The standard InChI is InChI=1S/C23H24BrN3O3/c1-15(27-21(29)23(26-22(27)30)13-5-6-14-23)20(28)25-19(16-7-3-2-4-8-16)17-9-11-18(24)12-10-17/h2-4,7-12,15,19H,5-6,13-14H2,1H3,(H,25,28)(H,26,30). The first-order chi connectivity index (χ1) is 14.4. The van der Waals surface area contributed by atoms with Crippen LogP contribution in [0.1, 0.15) is 49.8 Å². The lowest BCUT2D eigenvalue weighted by atomic mass is 9.97. The summed E-state index contributed by atoms with van der Waals surface area (Å²) in [5.41, 5.74) is 1.01. The van der Waals surface area contributed by atoms with Crippen LogP contribution in [0.5, 0.6) is 0 Å². The van der Waals surface area contributed by atoms with Gasteiger partial charge in [-0.15, -0.1) is 0 Å². The number of halogens is 1. The Labute approximate surface area is 184 Å². The minimum atomic E-state index is -0.904. The Balaban J connectivity index is 1.57. The van der Waals surface area contributed by atoms with Gasteiger partial charge in [0.05, 0.1) is 6.04 Å². The van der Waals surface area contributed by atoms with Gasteiger partial charge in [-0.05, 0) is 43.0 Å². The second kappa shape index (κ2) is 8.22. The molecule has 2 atom stereocenters. The fourth-order valence-electron chi connectivity index (χ4n) is 4.35. The summed E-state index contributed by atoms with van der Waals surface area (Å²) >= 11 is 3.44. The van der Waals surface area contributed by atoms with E-state index < -0.39 is 23.7 Å². The van der Waals surface area contributed by atoms with Gasteiger partial charge in [-0.3, -0.25) is 9.59 Å². The zero-order valence-corrected chi connectivity index (χ0v) is 18.3. The number of hydrogen-bond donors (Lipinski definition) is 2. The van der Waals surface area contributed by atoms with E-state index in [1.54, 1.807) is 6.92 Å². The van der Waals surface area contributed by atoms with Crippen molar-refractivity contribution in [1.29, 1.82) is 0 Å². The molecule has 2 fully saturated rings. The van der Waals surface area contributed by atoms with Gasteiger partial charge in [-0.25, -0.2) is 9.69 Å². The monoisotopic (exact) mass is 469 g/mol. The number of carbonyl (C=O) groups excluding carboxylic acids is 3. The molecule has 2 aromatic rings. The minimum Gasteiger partial charge on any atom is -0.343 e. The number of urea groups is 1. The number of nitrogens with one attached hydrogen (secondary N) is 2. The molecule has 4 rings (SSSR count). The van der Waals surface area contributed by atoms with E-state index in [-0.39, 0.29) is 11.8 Å². The van der Waals surface area contributed by atoms with E-state index in [4.69, 9.17) is 0 Å². The second-order valence-electron chi connectivity index (χ2n) is 7.97. The van der Waals surface area contributed by atoms with Gasteiger partial charge < -0.3 is 10.6 Å². The van der Waals surface area contributed by atoms with Crippen LogP contribution in [0.4, 0.5) is 4.79 Å². The van der Waals surface area contributed by atoms with Crippen molar-refractivity contribution >= 4 is 33.8 Å². The van der Waals surface area contributed by atoms with Crippen molar-refractivity contribution < 1.29 is 14.4 Å². The molecule has 2 aromatic carbocycles. The highest BCUT2D eigenvalue weighted by Gasteiger charge is 2.54. The van der Waals surface area contributed by atoms with Crippen LogP contribution in [0.3, 0.4) is 0 Å². The van der Waals surface area contributed by atoms with E-state index in [2.05, 4.69) is 26.6 Å². The first-order valence-corrected chi connectivity index (χ1v) is 11.0. The number of rotatable bonds is 5. The van der Waals surface area contributed by atoms with Crippen LogP contribution in [0, 0.1) is 0 Å². The lowest BCUT2D eigenvalue weighted by Crippen LogP contribution is -2.50. The highest BCUT2D eigenvalue weighted by molar-refractivity contribution is 9.10. The zero-order valence-electron chi connectivity index (χ0n) is 16.7. The van der Waals surface area contributed by atoms with Gasteiger partial charge in [0.15, 0.2) is 0 Å². The first kappa shape index (κ1) is 20.6. The van der Waals surface area contributed by atoms with E-state index in [1.165, 1.54) is 0 Å². The van der Waals surface area contributed by atoms with Gasteiger partial charge in [-0.1, -0.05) is 71.2 Å². The van der Waals surface area contributed by atoms with Crippen LogP contribution in [0.15, 0.2) is 59.1 Å². The van der Waals surface area contributed by atoms with Crippen molar-refractivity contribution in [3.63, 3.8) is 0 Å². The minimum absolute atomic E-state index is 0.285. The molecule has 1 saturated carbocycles. The van der Waals surface area contributed by atoms with Crippen molar-refractivity contribution in [2.75, 3.05) is 0 Å². The molecule has 0 radical (unpaired) electrons. The van der Waals surface area contributed by atoms with Gasteiger partial charge in [-0.2, -0.15) is 0 Å². The summed E-state index contributed by atoms with van der Waals surface area (Å²) in [4.78, 5) is 39.8. The van der Waals surface area contributed by atoms with Crippen molar-refractivity contribution in [2.24, 2.45) is 0 Å². The first-order valence-electron chi connectivity index (χ1n) is 10.2. The molecule has 1 aliphatic carbocycles. The molecule has 4 amide bonds. The summed E-state index contributed by atoms with van der Waals surface area (Å²) in [6.45, 7) is 1.60. The lowest BCUT2D eigenvalue weighted by molar-refractivity contribution is -0.138. The summed E-state index contributed by atoms with van der Waals surface area (Å²) < 4.78 is 0.943. The molecule has 156 valence electrons. The second-order valence-corrected chi connectivity index (χ2v) is 8.89. The molecule has 1 spiro atoms. The van der Waals surface area contributed by atoms with Gasteiger partial charge in [0.1, 0.15) is 11.6 Å². The number of carbonyl (C=O) groups is 3. The Morgan fingerprint density at radius 1 is 1.03 bits per heavy atom.